The van der Waals surface area contributed by atoms with E-state index in [-0.39, 0.29) is 11.2 Å². The van der Waals surface area contributed by atoms with Crippen molar-refractivity contribution in [1.82, 2.24) is 9.55 Å². The van der Waals surface area contributed by atoms with Gasteiger partial charge in [-0.1, -0.05) is 30.0 Å². The van der Waals surface area contributed by atoms with Crippen LogP contribution in [0.2, 0.25) is 0 Å². The average Bonchev–Trinajstić information content (AvgIpc) is 3.09. The lowest BCUT2D eigenvalue weighted by atomic mass is 10.1. The molecular formula is C21H23N3O2S. The van der Waals surface area contributed by atoms with E-state index < -0.39 is 0 Å². The summed E-state index contributed by atoms with van der Waals surface area (Å²) in [4.78, 5) is 17.1. The molecule has 3 aromatic rings. The van der Waals surface area contributed by atoms with Crippen molar-refractivity contribution in [1.29, 1.82) is 0 Å². The fourth-order valence-corrected chi connectivity index (χ4v) is 3.74. The number of thioether (sulfide) groups is 1. The van der Waals surface area contributed by atoms with Gasteiger partial charge in [0.25, 0.3) is 0 Å². The number of amides is 1. The van der Waals surface area contributed by atoms with E-state index in [9.17, 15) is 4.79 Å². The molecule has 1 amide bonds. The van der Waals surface area contributed by atoms with Crippen LogP contribution < -0.4 is 10.1 Å². The fraction of sp³-hybridized carbons (Fsp3) is 0.238. The lowest BCUT2D eigenvalue weighted by Crippen LogP contribution is -2.23. The summed E-state index contributed by atoms with van der Waals surface area (Å²) in [5.41, 5.74) is 4.09. The van der Waals surface area contributed by atoms with Crippen molar-refractivity contribution in [3.63, 3.8) is 0 Å². The number of benzene rings is 2. The highest BCUT2D eigenvalue weighted by atomic mass is 32.2. The smallest absolute Gasteiger partial charge is 0.237 e. The molecule has 0 aliphatic rings. The molecule has 0 spiro atoms. The lowest BCUT2D eigenvalue weighted by molar-refractivity contribution is -0.115. The third kappa shape index (κ3) is 4.52. The number of methoxy groups -OCH3 is 1. The number of nitrogens with zero attached hydrogens (tertiary/aromatic N) is 2. The number of anilines is 1. The van der Waals surface area contributed by atoms with Crippen LogP contribution in [0.4, 0.5) is 5.69 Å². The van der Waals surface area contributed by atoms with Gasteiger partial charge in [-0.2, -0.15) is 0 Å². The average molecular weight is 382 g/mol. The number of aryl methyl sites for hydroxylation is 2. The topological polar surface area (TPSA) is 56.1 Å². The van der Waals surface area contributed by atoms with Gasteiger partial charge in [-0.3, -0.25) is 9.36 Å². The van der Waals surface area contributed by atoms with Crippen LogP contribution in [-0.2, 0) is 4.79 Å². The highest BCUT2D eigenvalue weighted by molar-refractivity contribution is 8.00. The number of aromatic nitrogens is 2. The molecule has 1 N–H and O–H groups in total. The third-order valence-electron chi connectivity index (χ3n) is 4.11. The molecule has 1 aromatic heterocycles. The standard InChI is InChI=1S/C21H23N3O2S/c1-14-11-15(2)13-17(12-14)24-10-9-22-21(24)27-16(3)20(25)23-18-7-5-6-8-19(18)26-4/h5-13,16H,1-4H3,(H,23,25). The number of hydrogen-bond donors (Lipinski definition) is 1. The first-order valence-corrected chi connectivity index (χ1v) is 9.58. The summed E-state index contributed by atoms with van der Waals surface area (Å²) in [5.74, 6) is 0.541. The number of carbonyl (C=O) groups is 1. The molecule has 6 heteroatoms. The first kappa shape index (κ1) is 19.0. The Labute approximate surface area is 163 Å². The van der Waals surface area contributed by atoms with Gasteiger partial charge in [-0.15, -0.1) is 0 Å². The van der Waals surface area contributed by atoms with Crippen LogP contribution in [0.15, 0.2) is 60.0 Å². The Balaban J connectivity index is 1.76. The molecule has 2 aromatic carbocycles. The van der Waals surface area contributed by atoms with Crippen molar-refractivity contribution in [2.45, 2.75) is 31.2 Å². The Hall–Kier alpha value is -2.73. The molecule has 0 saturated carbocycles. The van der Waals surface area contributed by atoms with Gasteiger partial charge < -0.3 is 10.1 Å². The van der Waals surface area contributed by atoms with E-state index in [4.69, 9.17) is 4.74 Å². The van der Waals surface area contributed by atoms with Crippen LogP contribution in [0.1, 0.15) is 18.1 Å². The summed E-state index contributed by atoms with van der Waals surface area (Å²) in [6.45, 7) is 6.02. The zero-order valence-electron chi connectivity index (χ0n) is 15.9. The van der Waals surface area contributed by atoms with Crippen LogP contribution in [0.25, 0.3) is 5.69 Å². The monoisotopic (exact) mass is 381 g/mol. The predicted molar refractivity (Wildman–Crippen MR) is 110 cm³/mol. The molecule has 1 atom stereocenters. The maximum Gasteiger partial charge on any atom is 0.237 e. The minimum atomic E-state index is -0.318. The largest absolute Gasteiger partial charge is 0.495 e. The van der Waals surface area contributed by atoms with Crippen LogP contribution in [0.5, 0.6) is 5.75 Å². The Bertz CT molecular complexity index is 932. The Kier molecular flexibility index (Phi) is 5.86. The first-order valence-electron chi connectivity index (χ1n) is 8.70. The van der Waals surface area contributed by atoms with Crippen LogP contribution in [0.3, 0.4) is 0 Å². The minimum absolute atomic E-state index is 0.0977. The van der Waals surface area contributed by atoms with Gasteiger partial charge in [-0.25, -0.2) is 4.98 Å². The van der Waals surface area contributed by atoms with Crippen molar-refractivity contribution in [2.24, 2.45) is 0 Å². The first-order chi connectivity index (χ1) is 13.0. The maximum atomic E-state index is 12.6. The van der Waals surface area contributed by atoms with Crippen LogP contribution in [0, 0.1) is 13.8 Å². The molecule has 0 aliphatic heterocycles. The maximum absolute atomic E-state index is 12.6. The third-order valence-corrected chi connectivity index (χ3v) is 5.19. The number of rotatable bonds is 6. The predicted octanol–water partition coefficient (Wildman–Crippen LogP) is 4.62. The van der Waals surface area contributed by atoms with Gasteiger partial charge in [0.1, 0.15) is 5.75 Å². The van der Waals surface area contributed by atoms with E-state index >= 15 is 0 Å². The SMILES string of the molecule is COc1ccccc1NC(=O)C(C)Sc1nccn1-c1cc(C)cc(C)c1. The number of imidazole rings is 1. The molecule has 27 heavy (non-hydrogen) atoms. The zero-order chi connectivity index (χ0) is 19.4. The molecule has 1 unspecified atom stereocenters. The van der Waals surface area contributed by atoms with Crippen molar-refractivity contribution in [3.8, 4) is 11.4 Å². The summed E-state index contributed by atoms with van der Waals surface area (Å²) in [6, 6.07) is 13.7. The molecule has 0 fully saturated rings. The normalized spacial score (nSPS) is 11.9. The second-order valence-corrected chi connectivity index (χ2v) is 7.68. The van der Waals surface area contributed by atoms with E-state index in [1.807, 2.05) is 42.0 Å². The van der Waals surface area contributed by atoms with Gasteiger partial charge in [0.2, 0.25) is 5.91 Å². The van der Waals surface area contributed by atoms with Gasteiger partial charge in [-0.05, 0) is 56.2 Å². The summed E-state index contributed by atoms with van der Waals surface area (Å²) >= 11 is 1.42. The Morgan fingerprint density at radius 2 is 1.89 bits per heavy atom. The van der Waals surface area contributed by atoms with Gasteiger partial charge in [0, 0.05) is 18.1 Å². The quantitative estimate of drug-likeness (QED) is 0.633. The van der Waals surface area contributed by atoms with Crippen molar-refractivity contribution in [3.05, 3.63) is 66.0 Å². The van der Waals surface area contributed by atoms with Gasteiger partial charge in [0.15, 0.2) is 5.16 Å². The molecule has 0 bridgehead atoms. The zero-order valence-corrected chi connectivity index (χ0v) is 16.7. The molecule has 3 rings (SSSR count). The van der Waals surface area contributed by atoms with Crippen molar-refractivity contribution < 1.29 is 9.53 Å². The fourth-order valence-electron chi connectivity index (χ4n) is 2.86. The molecule has 0 saturated heterocycles. The molecule has 0 aliphatic carbocycles. The van der Waals surface area contributed by atoms with Crippen LogP contribution in [-0.4, -0.2) is 27.8 Å². The minimum Gasteiger partial charge on any atom is -0.495 e. The summed E-state index contributed by atoms with van der Waals surface area (Å²) in [6.07, 6.45) is 3.67. The van der Waals surface area contributed by atoms with Gasteiger partial charge in [0.05, 0.1) is 18.0 Å². The van der Waals surface area contributed by atoms with E-state index in [0.29, 0.717) is 11.4 Å². The molecular weight excluding hydrogens is 358 g/mol. The van der Waals surface area contributed by atoms with E-state index in [0.717, 1.165) is 10.8 Å². The summed E-state index contributed by atoms with van der Waals surface area (Å²) in [7, 11) is 1.59. The van der Waals surface area contributed by atoms with E-state index in [1.165, 1.54) is 22.9 Å². The Morgan fingerprint density at radius 1 is 1.19 bits per heavy atom. The van der Waals surface area contributed by atoms with E-state index in [1.54, 1.807) is 13.3 Å². The molecule has 5 nitrogen and oxygen atoms in total. The van der Waals surface area contributed by atoms with E-state index in [2.05, 4.69) is 42.3 Å². The number of para-hydroxylation sites is 2. The number of carbonyl (C=O) groups excluding carboxylic acids is 1. The number of hydrogen-bond acceptors (Lipinski definition) is 4. The summed E-state index contributed by atoms with van der Waals surface area (Å²) < 4.78 is 7.30. The van der Waals surface area contributed by atoms with Gasteiger partial charge >= 0.3 is 0 Å². The van der Waals surface area contributed by atoms with Crippen molar-refractivity contribution in [2.75, 3.05) is 12.4 Å². The lowest BCUT2D eigenvalue weighted by Gasteiger charge is -2.15. The summed E-state index contributed by atoms with van der Waals surface area (Å²) in [5, 5.41) is 3.39. The van der Waals surface area contributed by atoms with Crippen molar-refractivity contribution >= 4 is 23.4 Å². The highest BCUT2D eigenvalue weighted by Crippen LogP contribution is 2.28. The highest BCUT2D eigenvalue weighted by Gasteiger charge is 2.19. The molecule has 0 radical (unpaired) electrons. The molecule has 140 valence electrons. The number of nitrogens with one attached hydrogen (secondary N) is 1. The molecule has 1 heterocycles. The second kappa shape index (κ2) is 8.31. The Morgan fingerprint density at radius 3 is 2.59 bits per heavy atom. The number of ether oxygens (including phenoxy) is 1. The van der Waals surface area contributed by atoms with Crippen LogP contribution >= 0.6 is 11.8 Å². The second-order valence-electron chi connectivity index (χ2n) is 6.38.